The Labute approximate surface area is 405 Å². The van der Waals surface area contributed by atoms with E-state index in [1.165, 1.54) is 12.4 Å². The Bertz CT molecular complexity index is 2930. The number of aliphatic hydroxyl groups excluding tert-OH is 2. The number of hydrogen-bond acceptors (Lipinski definition) is 14. The molecular formula is C50H50Cl2N6O9S. The number of benzene rings is 4. The SMILES string of the molecule is Cc1c(COc2cc(OCc3cncc(C#N)c3)c(CNC[C@@H](O)CO)cc2Cl)cccc1-c1cccc(COc2cc(OCc3cncc(C#N)c3)c(CN(C)CCS(=O)(=O)O)cc2Cl)c1C. The Kier molecular flexibility index (Phi) is 18.1. The largest absolute Gasteiger partial charge is 0.488 e. The van der Waals surface area contributed by atoms with E-state index in [1.54, 1.807) is 60.7 Å². The third-order valence-electron chi connectivity index (χ3n) is 10.9. The lowest BCUT2D eigenvalue weighted by Crippen LogP contribution is -2.29. The third-order valence-corrected chi connectivity index (χ3v) is 12.2. The fourth-order valence-corrected chi connectivity index (χ4v) is 8.16. The van der Waals surface area contributed by atoms with Crippen molar-refractivity contribution in [1.29, 1.82) is 10.5 Å². The second-order valence-electron chi connectivity index (χ2n) is 16.0. The van der Waals surface area contributed by atoms with Gasteiger partial charge in [-0.15, -0.1) is 0 Å². The molecule has 18 heteroatoms. The minimum absolute atomic E-state index is 0.0614. The molecule has 0 saturated heterocycles. The number of nitriles is 2. The Balaban J connectivity index is 1.19. The summed E-state index contributed by atoms with van der Waals surface area (Å²) in [6.07, 6.45) is 5.21. The van der Waals surface area contributed by atoms with Gasteiger partial charge in [0.1, 0.15) is 61.6 Å². The fraction of sp³-hybridized carbons (Fsp3) is 0.280. The predicted octanol–water partition coefficient (Wildman–Crippen LogP) is 7.89. The lowest BCUT2D eigenvalue weighted by molar-refractivity contribution is 0.0941. The van der Waals surface area contributed by atoms with Gasteiger partial charge in [0.05, 0.1) is 39.6 Å². The zero-order chi connectivity index (χ0) is 48.8. The van der Waals surface area contributed by atoms with Crippen molar-refractivity contribution in [2.45, 2.75) is 59.5 Å². The van der Waals surface area contributed by atoms with Gasteiger partial charge >= 0.3 is 0 Å². The van der Waals surface area contributed by atoms with Gasteiger partial charge in [-0.1, -0.05) is 59.6 Å². The van der Waals surface area contributed by atoms with Crippen LogP contribution in [0.25, 0.3) is 11.1 Å². The Morgan fingerprint density at radius 3 is 1.68 bits per heavy atom. The summed E-state index contributed by atoms with van der Waals surface area (Å²) in [7, 11) is -2.46. The van der Waals surface area contributed by atoms with Crippen LogP contribution in [0.4, 0.5) is 0 Å². The minimum Gasteiger partial charge on any atom is -0.488 e. The summed E-state index contributed by atoms with van der Waals surface area (Å²) >= 11 is 13.6. The maximum Gasteiger partial charge on any atom is 0.266 e. The van der Waals surface area contributed by atoms with Crippen LogP contribution in [-0.2, 0) is 49.6 Å². The average Bonchev–Trinajstić information content (AvgIpc) is 3.32. The van der Waals surface area contributed by atoms with Crippen LogP contribution in [0, 0.1) is 36.5 Å². The number of nitrogens with one attached hydrogen (secondary N) is 1. The molecule has 68 heavy (non-hydrogen) atoms. The molecule has 0 saturated carbocycles. The van der Waals surface area contributed by atoms with Crippen molar-refractivity contribution in [3.63, 3.8) is 0 Å². The molecule has 0 radical (unpaired) electrons. The van der Waals surface area contributed by atoms with Crippen LogP contribution < -0.4 is 24.3 Å². The number of pyridine rings is 2. The molecule has 4 aromatic carbocycles. The van der Waals surface area contributed by atoms with E-state index in [0.29, 0.717) is 66.4 Å². The normalized spacial score (nSPS) is 11.8. The zero-order valence-electron chi connectivity index (χ0n) is 37.6. The summed E-state index contributed by atoms with van der Waals surface area (Å²) in [6.45, 7) is 4.96. The Morgan fingerprint density at radius 2 is 1.19 bits per heavy atom. The molecule has 0 aliphatic carbocycles. The van der Waals surface area contributed by atoms with Crippen molar-refractivity contribution in [3.8, 4) is 46.3 Å². The van der Waals surface area contributed by atoms with Crippen molar-refractivity contribution in [2.24, 2.45) is 0 Å². The van der Waals surface area contributed by atoms with Crippen LogP contribution in [0.15, 0.2) is 97.6 Å². The first kappa shape index (κ1) is 51.1. The fourth-order valence-electron chi connectivity index (χ4n) is 7.13. The monoisotopic (exact) mass is 980 g/mol. The van der Waals surface area contributed by atoms with Gasteiger partial charge in [-0.05, 0) is 78.5 Å². The highest BCUT2D eigenvalue weighted by atomic mass is 35.5. The summed E-state index contributed by atoms with van der Waals surface area (Å²) in [4.78, 5) is 9.96. The van der Waals surface area contributed by atoms with E-state index in [-0.39, 0.29) is 59.2 Å². The van der Waals surface area contributed by atoms with E-state index in [0.717, 1.165) is 33.4 Å². The van der Waals surface area contributed by atoms with Crippen molar-refractivity contribution in [3.05, 3.63) is 163 Å². The molecule has 0 fully saturated rings. The van der Waals surface area contributed by atoms with Crippen molar-refractivity contribution >= 4 is 33.3 Å². The number of halogens is 2. The molecule has 2 aromatic heterocycles. The summed E-state index contributed by atoms with van der Waals surface area (Å²) < 4.78 is 57.3. The van der Waals surface area contributed by atoms with Gasteiger partial charge < -0.3 is 39.4 Å². The van der Waals surface area contributed by atoms with Crippen LogP contribution in [0.3, 0.4) is 0 Å². The number of hydrogen-bond donors (Lipinski definition) is 4. The van der Waals surface area contributed by atoms with Crippen molar-refractivity contribution in [1.82, 2.24) is 20.2 Å². The molecule has 4 N–H and O–H groups in total. The predicted molar refractivity (Wildman–Crippen MR) is 257 cm³/mol. The molecule has 6 aromatic rings. The topological polar surface area (TPSA) is 220 Å². The lowest BCUT2D eigenvalue weighted by atomic mass is 9.92. The number of aliphatic hydroxyl groups is 2. The standard InChI is InChI=1S/C50H50Cl2N6O9S/c1-32-38(30-66-49-16-47(64-28-36-12-34(18-53)20-55-22-36)40(14-45(49)51)24-57-25-42(60)27-59)6-4-8-43(32)44-9-5-7-39(33(44)2)31-67-50-17-48(65-29-37-13-35(19-54)21-56-23-37)41(15-46(50)52)26-58(3)10-11-68(61,62)63/h4-9,12-17,20-23,42,57,59-60H,10-11,24-31H2,1-3H3,(H,61,62,63)/t42-/m1/s1. The van der Waals surface area contributed by atoms with E-state index < -0.39 is 22.0 Å². The van der Waals surface area contributed by atoms with Gasteiger partial charge in [-0.25, -0.2) is 0 Å². The van der Waals surface area contributed by atoms with Crippen LogP contribution in [0.5, 0.6) is 23.0 Å². The smallest absolute Gasteiger partial charge is 0.266 e. The minimum atomic E-state index is -4.17. The molecule has 0 aliphatic rings. The van der Waals surface area contributed by atoms with Gasteiger partial charge in [-0.3, -0.25) is 14.5 Å². The first-order valence-corrected chi connectivity index (χ1v) is 23.7. The van der Waals surface area contributed by atoms with Gasteiger partial charge in [0, 0.05) is 85.4 Å². The van der Waals surface area contributed by atoms with Gasteiger partial charge in [0.15, 0.2) is 0 Å². The lowest BCUT2D eigenvalue weighted by Gasteiger charge is -2.21. The first-order chi connectivity index (χ1) is 32.6. The highest BCUT2D eigenvalue weighted by Crippen LogP contribution is 2.38. The maximum absolute atomic E-state index is 11.4. The first-order valence-electron chi connectivity index (χ1n) is 21.3. The molecule has 6 rings (SSSR count). The number of rotatable bonds is 23. The van der Waals surface area contributed by atoms with E-state index in [2.05, 4.69) is 27.4 Å². The summed E-state index contributed by atoms with van der Waals surface area (Å²) in [5.41, 5.74) is 9.28. The molecule has 2 heterocycles. The van der Waals surface area contributed by atoms with Gasteiger partial charge in [0.2, 0.25) is 0 Å². The highest BCUT2D eigenvalue weighted by molar-refractivity contribution is 7.85. The highest BCUT2D eigenvalue weighted by Gasteiger charge is 2.19. The molecule has 0 spiro atoms. The number of aromatic nitrogens is 2. The number of nitrogens with zero attached hydrogens (tertiary/aromatic N) is 5. The summed E-state index contributed by atoms with van der Waals surface area (Å²) in [5, 5.41) is 41.6. The molecule has 0 aliphatic heterocycles. The maximum atomic E-state index is 11.4. The van der Waals surface area contributed by atoms with E-state index >= 15 is 0 Å². The molecule has 0 bridgehead atoms. The second-order valence-corrected chi connectivity index (χ2v) is 18.4. The van der Waals surface area contributed by atoms with E-state index in [1.807, 2.05) is 50.2 Å². The van der Waals surface area contributed by atoms with Crippen LogP contribution >= 0.6 is 23.2 Å². The Morgan fingerprint density at radius 1 is 0.706 bits per heavy atom. The number of ether oxygens (including phenoxy) is 4. The van der Waals surface area contributed by atoms with Crippen molar-refractivity contribution in [2.75, 3.05) is 32.5 Å². The molecular weight excluding hydrogens is 932 g/mol. The van der Waals surface area contributed by atoms with Crippen molar-refractivity contribution < 1.29 is 42.1 Å². The van der Waals surface area contributed by atoms with Crippen LogP contribution in [0.1, 0.15) is 55.6 Å². The summed E-state index contributed by atoms with van der Waals surface area (Å²) in [6, 6.07) is 26.3. The molecule has 0 amide bonds. The van der Waals surface area contributed by atoms with E-state index in [9.17, 15) is 33.7 Å². The Hall–Kier alpha value is -6.31. The second kappa shape index (κ2) is 24.1. The molecule has 354 valence electrons. The molecule has 15 nitrogen and oxygen atoms in total. The molecule has 1 atom stereocenters. The van der Waals surface area contributed by atoms with Crippen LogP contribution in [-0.4, -0.2) is 76.7 Å². The average molecular weight is 982 g/mol. The van der Waals surface area contributed by atoms with Crippen LogP contribution in [0.2, 0.25) is 10.0 Å². The molecule has 0 unspecified atom stereocenters. The van der Waals surface area contributed by atoms with Gasteiger partial charge in [-0.2, -0.15) is 18.9 Å². The van der Waals surface area contributed by atoms with E-state index in [4.69, 9.17) is 42.1 Å². The summed E-state index contributed by atoms with van der Waals surface area (Å²) in [5.74, 6) is 1.20. The quantitative estimate of drug-likeness (QED) is 0.0449. The van der Waals surface area contributed by atoms with Gasteiger partial charge in [0.25, 0.3) is 10.1 Å². The zero-order valence-corrected chi connectivity index (χ0v) is 39.9. The third kappa shape index (κ3) is 14.4.